The average Bonchev–Trinajstić information content (AvgIpc) is 2.11. The molecule has 0 aliphatic rings. The lowest BCUT2D eigenvalue weighted by Crippen LogP contribution is -1.88. The van der Waals surface area contributed by atoms with Crippen molar-refractivity contribution in [2.75, 3.05) is 6.61 Å². The first-order chi connectivity index (χ1) is 5.76. The molecule has 0 aliphatic carbocycles. The van der Waals surface area contributed by atoms with Crippen LogP contribution in [0.4, 0.5) is 0 Å². The quantitative estimate of drug-likeness (QED) is 0.642. The summed E-state index contributed by atoms with van der Waals surface area (Å²) < 4.78 is 0. The van der Waals surface area contributed by atoms with Crippen LogP contribution in [-0.2, 0) is 0 Å². The molecule has 0 bridgehead atoms. The molecule has 0 aromatic carbocycles. The molecule has 0 aromatic heterocycles. The molecular formula is C11H20O. The van der Waals surface area contributed by atoms with Crippen LogP contribution in [0.25, 0.3) is 0 Å². The number of aliphatic hydroxyl groups is 1. The van der Waals surface area contributed by atoms with Crippen molar-refractivity contribution in [3.8, 4) is 0 Å². The van der Waals surface area contributed by atoms with E-state index in [4.69, 9.17) is 5.11 Å². The van der Waals surface area contributed by atoms with E-state index in [1.807, 2.05) is 39.8 Å². The summed E-state index contributed by atoms with van der Waals surface area (Å²) in [6.07, 6.45) is 5.57. The summed E-state index contributed by atoms with van der Waals surface area (Å²) in [4.78, 5) is 0. The van der Waals surface area contributed by atoms with Crippen LogP contribution >= 0.6 is 0 Å². The van der Waals surface area contributed by atoms with Gasteiger partial charge in [0.25, 0.3) is 0 Å². The maximum atomic E-state index is 8.76. The molecule has 0 radical (unpaired) electrons. The molecule has 0 aromatic rings. The van der Waals surface area contributed by atoms with Crippen molar-refractivity contribution in [2.45, 2.75) is 27.7 Å². The Kier molecular flexibility index (Phi) is 11.7. The molecule has 0 saturated carbocycles. The van der Waals surface area contributed by atoms with Gasteiger partial charge in [-0.3, -0.25) is 0 Å². The van der Waals surface area contributed by atoms with Gasteiger partial charge in [-0.15, -0.1) is 0 Å². The Labute approximate surface area is 76.1 Å². The van der Waals surface area contributed by atoms with Crippen LogP contribution in [0, 0.1) is 0 Å². The third kappa shape index (κ3) is 5.93. The topological polar surface area (TPSA) is 20.2 Å². The summed E-state index contributed by atoms with van der Waals surface area (Å²) in [6.45, 7) is 11.6. The van der Waals surface area contributed by atoms with E-state index in [2.05, 4.69) is 6.58 Å². The highest BCUT2D eigenvalue weighted by Gasteiger charge is 1.90. The first-order valence-electron chi connectivity index (χ1n) is 4.32. The van der Waals surface area contributed by atoms with Crippen molar-refractivity contribution in [1.82, 2.24) is 0 Å². The van der Waals surface area contributed by atoms with Gasteiger partial charge >= 0.3 is 0 Å². The summed E-state index contributed by atoms with van der Waals surface area (Å²) in [5.41, 5.74) is 1.96. The Morgan fingerprint density at radius 3 is 2.17 bits per heavy atom. The summed E-state index contributed by atoms with van der Waals surface area (Å²) in [7, 11) is 0. The number of rotatable bonds is 3. The Balaban J connectivity index is 0. The van der Waals surface area contributed by atoms with Gasteiger partial charge in [-0.2, -0.15) is 0 Å². The van der Waals surface area contributed by atoms with E-state index in [1.54, 1.807) is 6.08 Å². The molecule has 0 rings (SSSR count). The lowest BCUT2D eigenvalue weighted by molar-refractivity contribution is 0.334. The van der Waals surface area contributed by atoms with Crippen LogP contribution in [-0.4, -0.2) is 11.7 Å². The van der Waals surface area contributed by atoms with Crippen molar-refractivity contribution in [1.29, 1.82) is 0 Å². The largest absolute Gasteiger partial charge is 0.392 e. The molecule has 1 N–H and O–H groups in total. The first-order valence-corrected chi connectivity index (χ1v) is 4.32. The van der Waals surface area contributed by atoms with Crippen LogP contribution in [0.15, 0.2) is 36.0 Å². The lowest BCUT2D eigenvalue weighted by Gasteiger charge is -1.98. The Morgan fingerprint density at radius 2 is 1.92 bits per heavy atom. The summed E-state index contributed by atoms with van der Waals surface area (Å²) in [6, 6.07) is 0. The smallest absolute Gasteiger partial charge is 0.0684 e. The zero-order chi connectivity index (χ0) is 9.98. The third-order valence-electron chi connectivity index (χ3n) is 1.34. The fraction of sp³-hybridized carbons (Fsp3) is 0.455. The SMILES string of the molecule is C=C/C(CO)=C(C)\C=C/C.CC. The van der Waals surface area contributed by atoms with E-state index in [0.29, 0.717) is 0 Å². The van der Waals surface area contributed by atoms with Gasteiger partial charge in [0.1, 0.15) is 0 Å². The van der Waals surface area contributed by atoms with Crippen LogP contribution in [0.1, 0.15) is 27.7 Å². The van der Waals surface area contributed by atoms with Gasteiger partial charge in [-0.25, -0.2) is 0 Å². The minimum absolute atomic E-state index is 0.0691. The third-order valence-corrected chi connectivity index (χ3v) is 1.34. The second-order valence-corrected chi connectivity index (χ2v) is 2.07. The highest BCUT2D eigenvalue weighted by molar-refractivity contribution is 5.30. The Bertz CT molecular complexity index is 164. The predicted molar refractivity (Wildman–Crippen MR) is 56.1 cm³/mol. The van der Waals surface area contributed by atoms with E-state index in [-0.39, 0.29) is 6.61 Å². The fourth-order valence-electron chi connectivity index (χ4n) is 0.707. The molecule has 12 heavy (non-hydrogen) atoms. The lowest BCUT2D eigenvalue weighted by atomic mass is 10.1. The molecule has 0 aliphatic heterocycles. The maximum Gasteiger partial charge on any atom is 0.0684 e. The highest BCUT2D eigenvalue weighted by atomic mass is 16.3. The van der Waals surface area contributed by atoms with Crippen molar-refractivity contribution in [2.24, 2.45) is 0 Å². The van der Waals surface area contributed by atoms with Gasteiger partial charge in [0.2, 0.25) is 0 Å². The highest BCUT2D eigenvalue weighted by Crippen LogP contribution is 2.04. The van der Waals surface area contributed by atoms with Crippen molar-refractivity contribution in [3.63, 3.8) is 0 Å². The van der Waals surface area contributed by atoms with Gasteiger partial charge in [-0.05, 0) is 25.0 Å². The van der Waals surface area contributed by atoms with Gasteiger partial charge in [0.05, 0.1) is 6.61 Å². The minimum Gasteiger partial charge on any atom is -0.392 e. The predicted octanol–water partition coefficient (Wildman–Crippen LogP) is 3.08. The van der Waals surface area contributed by atoms with Crippen molar-refractivity contribution >= 4 is 0 Å². The molecule has 0 heterocycles. The molecular weight excluding hydrogens is 148 g/mol. The van der Waals surface area contributed by atoms with E-state index in [9.17, 15) is 0 Å². The zero-order valence-corrected chi connectivity index (χ0v) is 8.59. The molecule has 0 saturated heterocycles. The molecule has 1 heteroatoms. The van der Waals surface area contributed by atoms with Crippen molar-refractivity contribution in [3.05, 3.63) is 36.0 Å². The molecule has 0 fully saturated rings. The van der Waals surface area contributed by atoms with E-state index in [0.717, 1.165) is 11.1 Å². The monoisotopic (exact) mass is 168 g/mol. The molecule has 0 atom stereocenters. The second kappa shape index (κ2) is 10.2. The Hall–Kier alpha value is -0.820. The van der Waals surface area contributed by atoms with Crippen LogP contribution in [0.3, 0.4) is 0 Å². The van der Waals surface area contributed by atoms with E-state index < -0.39 is 0 Å². The van der Waals surface area contributed by atoms with Crippen LogP contribution in [0.2, 0.25) is 0 Å². The summed E-state index contributed by atoms with van der Waals surface area (Å²) in [5.74, 6) is 0. The normalized spacial score (nSPS) is 11.8. The second-order valence-electron chi connectivity index (χ2n) is 2.07. The van der Waals surface area contributed by atoms with Gasteiger partial charge in [-0.1, -0.05) is 38.7 Å². The Morgan fingerprint density at radius 1 is 1.42 bits per heavy atom. The van der Waals surface area contributed by atoms with Gasteiger partial charge < -0.3 is 5.11 Å². The fourth-order valence-corrected chi connectivity index (χ4v) is 0.707. The molecule has 0 unspecified atom stereocenters. The summed E-state index contributed by atoms with van der Waals surface area (Å²) in [5, 5.41) is 8.76. The standard InChI is InChI=1S/C9H14O.C2H6/c1-4-6-8(3)9(5-2)7-10;1-2/h4-6,10H,2,7H2,1,3H3;1-2H3/b6-4-,9-8+;. The summed E-state index contributed by atoms with van der Waals surface area (Å²) >= 11 is 0. The molecule has 70 valence electrons. The molecule has 0 spiro atoms. The minimum atomic E-state index is 0.0691. The molecule has 1 nitrogen and oxygen atoms in total. The molecule has 0 amide bonds. The van der Waals surface area contributed by atoms with E-state index in [1.165, 1.54) is 0 Å². The van der Waals surface area contributed by atoms with Crippen LogP contribution in [0.5, 0.6) is 0 Å². The number of aliphatic hydroxyl groups excluding tert-OH is 1. The van der Waals surface area contributed by atoms with Gasteiger partial charge in [0, 0.05) is 0 Å². The number of hydrogen-bond donors (Lipinski definition) is 1. The first kappa shape index (κ1) is 13.7. The maximum absolute atomic E-state index is 8.76. The number of allylic oxidation sites excluding steroid dienone is 3. The van der Waals surface area contributed by atoms with Gasteiger partial charge in [0.15, 0.2) is 0 Å². The average molecular weight is 168 g/mol. The van der Waals surface area contributed by atoms with E-state index >= 15 is 0 Å². The van der Waals surface area contributed by atoms with Crippen molar-refractivity contribution < 1.29 is 5.11 Å². The van der Waals surface area contributed by atoms with Crippen LogP contribution < -0.4 is 0 Å². The zero-order valence-electron chi connectivity index (χ0n) is 8.59. The number of hydrogen-bond acceptors (Lipinski definition) is 1.